The lowest BCUT2D eigenvalue weighted by Gasteiger charge is -2.28. The minimum absolute atomic E-state index is 0.0826. The van der Waals surface area contributed by atoms with Crippen LogP contribution in [0.5, 0.6) is 0 Å². The van der Waals surface area contributed by atoms with Gasteiger partial charge in [-0.2, -0.15) is 0 Å². The summed E-state index contributed by atoms with van der Waals surface area (Å²) in [7, 11) is 0. The minimum Gasteiger partial charge on any atom is -0.478 e. The molecule has 0 saturated carbocycles. The van der Waals surface area contributed by atoms with Gasteiger partial charge in [0.25, 0.3) is 0 Å². The third-order valence-corrected chi connectivity index (χ3v) is 7.61. The van der Waals surface area contributed by atoms with Gasteiger partial charge >= 0.3 is 5.97 Å². The number of anilines is 1. The topological polar surface area (TPSA) is 200 Å². The van der Waals surface area contributed by atoms with Gasteiger partial charge < -0.3 is 37.0 Å². The lowest BCUT2D eigenvalue weighted by atomic mass is 10.0. The van der Waals surface area contributed by atoms with Gasteiger partial charge in [0.05, 0.1) is 24.7 Å². The number of carboxylic acids is 1. The van der Waals surface area contributed by atoms with Crippen molar-refractivity contribution in [2.75, 3.05) is 25.0 Å². The molecule has 1 fully saturated rings. The molecule has 13 nitrogen and oxygen atoms in total. The molecule has 1 aliphatic rings. The predicted octanol–water partition coefficient (Wildman–Crippen LogP) is 1.07. The molecule has 250 valence electrons. The van der Waals surface area contributed by atoms with E-state index in [1.807, 2.05) is 13.8 Å². The van der Waals surface area contributed by atoms with Crippen LogP contribution in [-0.2, 0) is 24.0 Å². The molecule has 2 aromatic rings. The van der Waals surface area contributed by atoms with E-state index in [1.165, 1.54) is 17.0 Å². The van der Waals surface area contributed by atoms with Gasteiger partial charge in [0.2, 0.25) is 29.5 Å². The third-order valence-electron chi connectivity index (χ3n) is 7.61. The second-order valence-corrected chi connectivity index (χ2v) is 11.9. The van der Waals surface area contributed by atoms with E-state index in [9.17, 15) is 28.8 Å². The molecule has 5 amide bonds. The highest BCUT2D eigenvalue weighted by Crippen LogP contribution is 2.19. The highest BCUT2D eigenvalue weighted by Gasteiger charge is 2.37. The van der Waals surface area contributed by atoms with Gasteiger partial charge in [0, 0.05) is 23.4 Å². The molecule has 0 aromatic heterocycles. The maximum atomic E-state index is 12.9. The number of aromatic carboxylic acids is 1. The Kier molecular flexibility index (Phi) is 13.0. The summed E-state index contributed by atoms with van der Waals surface area (Å²) in [5.41, 5.74) is 7.98. The Bertz CT molecular complexity index is 1530. The average molecular weight is 647 g/mol. The van der Waals surface area contributed by atoms with E-state index < -0.39 is 47.7 Å². The predicted molar refractivity (Wildman–Crippen MR) is 175 cm³/mol. The average Bonchev–Trinajstić information content (AvgIpc) is 3.54. The summed E-state index contributed by atoms with van der Waals surface area (Å²) in [6.07, 6.45) is 1.12. The van der Waals surface area contributed by atoms with Crippen LogP contribution in [0, 0.1) is 23.7 Å². The summed E-state index contributed by atoms with van der Waals surface area (Å²) in [4.78, 5) is 75.9. The molecular formula is C34H42N6O7. The van der Waals surface area contributed by atoms with Crippen LogP contribution in [0.4, 0.5) is 5.69 Å². The summed E-state index contributed by atoms with van der Waals surface area (Å²) in [5.74, 6) is 2.10. The molecule has 0 radical (unpaired) electrons. The zero-order chi connectivity index (χ0) is 34.7. The molecule has 47 heavy (non-hydrogen) atoms. The van der Waals surface area contributed by atoms with E-state index in [-0.39, 0.29) is 36.4 Å². The van der Waals surface area contributed by atoms with Crippen molar-refractivity contribution in [3.63, 3.8) is 0 Å². The molecule has 7 N–H and O–H groups in total. The first kappa shape index (κ1) is 36.3. The fraction of sp³-hybridized carbons (Fsp3) is 0.412. The quantitative estimate of drug-likeness (QED) is 0.184. The number of carbonyl (C=O) groups is 6. The Hall–Kier alpha value is -5.22. The molecule has 1 heterocycles. The minimum atomic E-state index is -1.01. The number of nitrogens with two attached hydrogens (primary N) is 1. The zero-order valence-corrected chi connectivity index (χ0v) is 27.0. The summed E-state index contributed by atoms with van der Waals surface area (Å²) >= 11 is 0. The maximum Gasteiger partial charge on any atom is 0.335 e. The van der Waals surface area contributed by atoms with Gasteiger partial charge in [-0.1, -0.05) is 39.5 Å². The molecule has 3 rings (SSSR count). The second-order valence-electron chi connectivity index (χ2n) is 11.9. The van der Waals surface area contributed by atoms with Crippen LogP contribution in [0.2, 0.25) is 0 Å². The van der Waals surface area contributed by atoms with Crippen LogP contribution in [0.1, 0.15) is 62.0 Å². The molecule has 2 aromatic carbocycles. The van der Waals surface area contributed by atoms with E-state index in [4.69, 9.17) is 10.8 Å². The number of hydrogen-bond donors (Lipinski definition) is 6. The fourth-order valence-electron chi connectivity index (χ4n) is 4.78. The van der Waals surface area contributed by atoms with Crippen molar-refractivity contribution in [1.29, 1.82) is 0 Å². The van der Waals surface area contributed by atoms with Crippen LogP contribution in [0.15, 0.2) is 48.5 Å². The van der Waals surface area contributed by atoms with Crippen molar-refractivity contribution in [2.45, 2.75) is 58.7 Å². The Morgan fingerprint density at radius 3 is 1.98 bits per heavy atom. The van der Waals surface area contributed by atoms with E-state index >= 15 is 0 Å². The monoisotopic (exact) mass is 646 g/mol. The summed E-state index contributed by atoms with van der Waals surface area (Å²) < 4.78 is 0. The molecule has 1 saturated heterocycles. The fourth-order valence-corrected chi connectivity index (χ4v) is 4.78. The van der Waals surface area contributed by atoms with Crippen molar-refractivity contribution in [3.8, 4) is 11.8 Å². The van der Waals surface area contributed by atoms with E-state index in [2.05, 4.69) is 33.1 Å². The van der Waals surface area contributed by atoms with Gasteiger partial charge in [0.15, 0.2) is 0 Å². The van der Waals surface area contributed by atoms with E-state index in [0.29, 0.717) is 36.2 Å². The van der Waals surface area contributed by atoms with Crippen molar-refractivity contribution in [2.24, 2.45) is 17.6 Å². The summed E-state index contributed by atoms with van der Waals surface area (Å²) in [6.45, 7) is 6.82. The number of carboxylic acid groups (broad SMARTS) is 1. The first-order valence-electron chi connectivity index (χ1n) is 15.4. The van der Waals surface area contributed by atoms with Crippen LogP contribution in [0.3, 0.4) is 0 Å². The molecule has 13 heteroatoms. The summed E-state index contributed by atoms with van der Waals surface area (Å²) in [6, 6.07) is 10.5. The smallest absolute Gasteiger partial charge is 0.335 e. The Morgan fingerprint density at radius 2 is 1.43 bits per heavy atom. The zero-order valence-electron chi connectivity index (χ0n) is 27.0. The number of amides is 5. The van der Waals surface area contributed by atoms with Gasteiger partial charge in [0.1, 0.15) is 12.1 Å². The van der Waals surface area contributed by atoms with Crippen LogP contribution in [-0.4, -0.2) is 83.3 Å². The first-order chi connectivity index (χ1) is 22.3. The number of hydrogen-bond acceptors (Lipinski definition) is 7. The van der Waals surface area contributed by atoms with Crippen molar-refractivity contribution in [1.82, 2.24) is 20.9 Å². The largest absolute Gasteiger partial charge is 0.478 e. The Labute approximate surface area is 274 Å². The number of benzene rings is 2. The number of nitrogens with zero attached hydrogens (tertiary/aromatic N) is 1. The SMILES string of the molecule is CC(C)[C@H](N)C(=O)N1CCC[C@H]1C(=O)NCC(=O)N[C@H](C(=O)NCC(=O)Nc1ccc(C#Cc2ccc(C(=O)O)cc2)cc1)C(C)C. The molecule has 0 bridgehead atoms. The van der Waals surface area contributed by atoms with Crippen LogP contribution in [0.25, 0.3) is 0 Å². The highest BCUT2D eigenvalue weighted by molar-refractivity contribution is 5.97. The molecule has 0 aliphatic carbocycles. The van der Waals surface area contributed by atoms with E-state index in [1.54, 1.807) is 50.2 Å². The molecule has 3 atom stereocenters. The number of nitrogens with one attached hydrogen (secondary N) is 4. The Balaban J connectivity index is 1.45. The number of rotatable bonds is 12. The maximum absolute atomic E-state index is 12.9. The van der Waals surface area contributed by atoms with Crippen LogP contribution >= 0.6 is 0 Å². The van der Waals surface area contributed by atoms with Crippen molar-refractivity contribution < 1.29 is 33.9 Å². The lowest BCUT2D eigenvalue weighted by molar-refractivity contribution is -0.140. The lowest BCUT2D eigenvalue weighted by Crippen LogP contribution is -2.55. The first-order valence-corrected chi connectivity index (χ1v) is 15.4. The third kappa shape index (κ3) is 10.7. The van der Waals surface area contributed by atoms with Gasteiger partial charge in [-0.15, -0.1) is 0 Å². The highest BCUT2D eigenvalue weighted by atomic mass is 16.4. The van der Waals surface area contributed by atoms with Gasteiger partial charge in [-0.3, -0.25) is 24.0 Å². The second kappa shape index (κ2) is 16.9. The van der Waals surface area contributed by atoms with Crippen LogP contribution < -0.4 is 27.0 Å². The summed E-state index contributed by atoms with van der Waals surface area (Å²) in [5, 5.41) is 19.4. The molecular weight excluding hydrogens is 604 g/mol. The number of carbonyl (C=O) groups excluding carboxylic acids is 5. The van der Waals surface area contributed by atoms with Crippen molar-refractivity contribution in [3.05, 3.63) is 65.2 Å². The molecule has 0 unspecified atom stereocenters. The van der Waals surface area contributed by atoms with Gasteiger partial charge in [-0.25, -0.2) is 4.79 Å². The molecule has 1 aliphatic heterocycles. The standard InChI is InChI=1S/C34H42N6O7/c1-20(2)29(35)33(45)40-17-5-6-26(40)31(43)36-19-28(42)39-30(21(3)4)32(44)37-18-27(41)38-25-15-11-23(12-16-25)8-7-22-9-13-24(14-10-22)34(46)47/h9-16,20-21,26,29-30H,5-6,17-19,35H2,1-4H3,(H,36,43)(H,37,44)(H,38,41)(H,39,42)(H,46,47)/t26-,29-,30-/m0/s1. The van der Waals surface area contributed by atoms with Crippen molar-refractivity contribution >= 4 is 41.2 Å². The normalized spacial score (nSPS) is 15.2. The van der Waals surface area contributed by atoms with Gasteiger partial charge in [-0.05, 0) is 73.2 Å². The number of likely N-dealkylation sites (tertiary alicyclic amines) is 1. The van der Waals surface area contributed by atoms with E-state index in [0.717, 1.165) is 0 Å². The molecule has 0 spiro atoms. The Morgan fingerprint density at radius 1 is 0.851 bits per heavy atom.